The van der Waals surface area contributed by atoms with Gasteiger partial charge < -0.3 is 10.2 Å². The summed E-state index contributed by atoms with van der Waals surface area (Å²) in [4.78, 5) is 18.0. The topological polar surface area (TPSA) is 46.4 Å². The van der Waals surface area contributed by atoms with Gasteiger partial charge in [0.25, 0.3) is 5.91 Å². The fourth-order valence-corrected chi connectivity index (χ4v) is 2.53. The highest BCUT2D eigenvalue weighted by Crippen LogP contribution is 2.20. The van der Waals surface area contributed by atoms with E-state index in [4.69, 9.17) is 11.6 Å². The van der Waals surface area contributed by atoms with Crippen LogP contribution in [0, 0.1) is 0 Å². The normalized spacial score (nSPS) is 11.0. The summed E-state index contributed by atoms with van der Waals surface area (Å²) >= 11 is 6.12. The van der Waals surface area contributed by atoms with Crippen LogP contribution in [0.3, 0.4) is 0 Å². The molecule has 0 saturated heterocycles. The number of hydrogen-bond donors (Lipinski definition) is 2. The van der Waals surface area contributed by atoms with Crippen molar-refractivity contribution in [1.82, 2.24) is 10.3 Å². The molecule has 0 spiro atoms. The zero-order valence-corrected chi connectivity index (χ0v) is 13.2. The van der Waals surface area contributed by atoms with Crippen LogP contribution in [0.2, 0.25) is 5.15 Å². The van der Waals surface area contributed by atoms with Gasteiger partial charge in [-0.25, -0.2) is 4.98 Å². The molecule has 5 heteroatoms. The second-order valence-corrected chi connectivity index (χ2v) is 5.34. The predicted molar refractivity (Wildman–Crippen MR) is 86.0 cm³/mol. The number of carbonyl (C=O) groups excluding carboxylic acids is 1. The van der Waals surface area contributed by atoms with Crippen LogP contribution in [0.5, 0.6) is 0 Å². The van der Waals surface area contributed by atoms with E-state index in [1.807, 2.05) is 24.3 Å². The van der Waals surface area contributed by atoms with Crippen molar-refractivity contribution < 1.29 is 9.69 Å². The largest absolute Gasteiger partial charge is 0.346 e. The molecule has 0 fully saturated rings. The standard InChI is InChI=1S/C16H20ClN3O/c1-3-20(4-2)10-9-18-16(21)13-11-12-7-5-6-8-14(12)19-15(13)17/h5-8,11H,3-4,9-10H2,1-2H3,(H,18,21)/p+1. The van der Waals surface area contributed by atoms with Crippen LogP contribution in [-0.4, -0.2) is 37.1 Å². The number of likely N-dealkylation sites (N-methyl/N-ethyl adjacent to an activating group) is 1. The number of rotatable bonds is 6. The smallest absolute Gasteiger partial charge is 0.254 e. The van der Waals surface area contributed by atoms with Gasteiger partial charge in [0.15, 0.2) is 0 Å². The number of benzene rings is 1. The van der Waals surface area contributed by atoms with Gasteiger partial charge >= 0.3 is 0 Å². The van der Waals surface area contributed by atoms with Crippen molar-refractivity contribution in [3.8, 4) is 0 Å². The quantitative estimate of drug-likeness (QED) is 0.795. The van der Waals surface area contributed by atoms with Crippen molar-refractivity contribution in [3.05, 3.63) is 41.0 Å². The molecule has 112 valence electrons. The lowest BCUT2D eigenvalue weighted by Crippen LogP contribution is -3.12. The molecule has 21 heavy (non-hydrogen) atoms. The summed E-state index contributed by atoms with van der Waals surface area (Å²) in [6.45, 7) is 7.96. The summed E-state index contributed by atoms with van der Waals surface area (Å²) in [5.74, 6) is -0.162. The first-order valence-electron chi connectivity index (χ1n) is 7.32. The Balaban J connectivity index is 2.07. The Labute approximate surface area is 130 Å². The fourth-order valence-electron chi connectivity index (χ4n) is 2.30. The molecule has 0 atom stereocenters. The Hall–Kier alpha value is -1.65. The Bertz CT molecular complexity index is 626. The van der Waals surface area contributed by atoms with E-state index in [1.54, 1.807) is 6.07 Å². The van der Waals surface area contributed by atoms with Crippen LogP contribution >= 0.6 is 11.6 Å². The van der Waals surface area contributed by atoms with E-state index in [9.17, 15) is 4.79 Å². The van der Waals surface area contributed by atoms with E-state index in [1.165, 1.54) is 4.90 Å². The van der Waals surface area contributed by atoms with E-state index in [0.29, 0.717) is 12.1 Å². The van der Waals surface area contributed by atoms with E-state index >= 15 is 0 Å². The number of amides is 1. The van der Waals surface area contributed by atoms with E-state index in [0.717, 1.165) is 30.5 Å². The van der Waals surface area contributed by atoms with Gasteiger partial charge in [-0.15, -0.1) is 0 Å². The van der Waals surface area contributed by atoms with E-state index in [-0.39, 0.29) is 11.1 Å². The Kier molecular flexibility index (Phi) is 5.53. The van der Waals surface area contributed by atoms with E-state index < -0.39 is 0 Å². The molecule has 1 amide bonds. The van der Waals surface area contributed by atoms with Gasteiger partial charge in [-0.1, -0.05) is 29.8 Å². The minimum Gasteiger partial charge on any atom is -0.346 e. The Morgan fingerprint density at radius 3 is 2.71 bits per heavy atom. The minimum absolute atomic E-state index is 0.162. The molecule has 2 rings (SSSR count). The van der Waals surface area contributed by atoms with Crippen LogP contribution < -0.4 is 10.2 Å². The Morgan fingerprint density at radius 2 is 2.00 bits per heavy atom. The minimum atomic E-state index is -0.162. The number of nitrogens with one attached hydrogen (secondary N) is 2. The third-order valence-electron chi connectivity index (χ3n) is 3.69. The molecule has 0 aliphatic heterocycles. The molecule has 2 N–H and O–H groups in total. The maximum absolute atomic E-state index is 12.2. The average Bonchev–Trinajstić information content (AvgIpc) is 2.50. The van der Waals surface area contributed by atoms with E-state index in [2.05, 4.69) is 24.1 Å². The van der Waals surface area contributed by atoms with Crippen molar-refractivity contribution >= 4 is 28.4 Å². The van der Waals surface area contributed by atoms with Gasteiger partial charge in [0, 0.05) is 5.39 Å². The van der Waals surface area contributed by atoms with Crippen molar-refractivity contribution in [2.24, 2.45) is 0 Å². The lowest BCUT2D eigenvalue weighted by molar-refractivity contribution is -0.895. The van der Waals surface area contributed by atoms with Crippen LogP contribution in [-0.2, 0) is 0 Å². The molecule has 1 aromatic heterocycles. The third-order valence-corrected chi connectivity index (χ3v) is 3.97. The molecule has 0 aliphatic carbocycles. The van der Waals surface area contributed by atoms with Crippen molar-refractivity contribution in [2.75, 3.05) is 26.2 Å². The fraction of sp³-hybridized carbons (Fsp3) is 0.375. The predicted octanol–water partition coefficient (Wildman–Crippen LogP) is 1.54. The number of quaternary nitrogens is 1. The second-order valence-electron chi connectivity index (χ2n) is 4.98. The molecule has 0 saturated carbocycles. The van der Waals surface area contributed by atoms with Gasteiger partial charge in [-0.05, 0) is 26.0 Å². The summed E-state index contributed by atoms with van der Waals surface area (Å²) in [6.07, 6.45) is 0. The first-order valence-corrected chi connectivity index (χ1v) is 7.70. The number of fused-ring (bicyclic) bond motifs is 1. The SMILES string of the molecule is CC[NH+](CC)CCNC(=O)c1cc2ccccc2nc1Cl. The second kappa shape index (κ2) is 7.38. The van der Waals surface area contributed by atoms with Crippen LogP contribution in [0.25, 0.3) is 10.9 Å². The molecule has 0 bridgehead atoms. The zero-order valence-electron chi connectivity index (χ0n) is 12.4. The highest BCUT2D eigenvalue weighted by molar-refractivity contribution is 6.33. The summed E-state index contributed by atoms with van der Waals surface area (Å²) in [6, 6.07) is 9.42. The molecule has 0 unspecified atom stereocenters. The van der Waals surface area contributed by atoms with Gasteiger partial charge in [-0.2, -0.15) is 0 Å². The van der Waals surface area contributed by atoms with Crippen LogP contribution in [0.15, 0.2) is 30.3 Å². The Morgan fingerprint density at radius 1 is 1.29 bits per heavy atom. The lowest BCUT2D eigenvalue weighted by atomic mass is 10.1. The molecule has 0 radical (unpaired) electrons. The first-order chi connectivity index (χ1) is 10.2. The summed E-state index contributed by atoms with van der Waals surface area (Å²) in [5, 5.41) is 4.09. The van der Waals surface area contributed by atoms with Crippen molar-refractivity contribution in [3.63, 3.8) is 0 Å². The number of carbonyl (C=O) groups is 1. The number of halogens is 1. The lowest BCUT2D eigenvalue weighted by Gasteiger charge is -2.15. The number of nitrogens with zero attached hydrogens (tertiary/aromatic N) is 1. The third kappa shape index (κ3) is 3.93. The number of aromatic nitrogens is 1. The van der Waals surface area contributed by atoms with Gasteiger partial charge in [-0.3, -0.25) is 4.79 Å². The molecule has 1 heterocycles. The summed E-state index contributed by atoms with van der Waals surface area (Å²) in [7, 11) is 0. The van der Waals surface area contributed by atoms with Gasteiger partial charge in [0.1, 0.15) is 5.15 Å². The van der Waals surface area contributed by atoms with Crippen LogP contribution in [0.1, 0.15) is 24.2 Å². The van der Waals surface area contributed by atoms with Gasteiger partial charge in [0.2, 0.25) is 0 Å². The summed E-state index contributed by atoms with van der Waals surface area (Å²) in [5.41, 5.74) is 1.23. The maximum Gasteiger partial charge on any atom is 0.254 e. The van der Waals surface area contributed by atoms with Crippen molar-refractivity contribution in [1.29, 1.82) is 0 Å². The number of hydrogen-bond acceptors (Lipinski definition) is 2. The molecule has 0 aliphatic rings. The molecular weight excluding hydrogens is 286 g/mol. The van der Waals surface area contributed by atoms with Crippen LogP contribution in [0.4, 0.5) is 0 Å². The monoisotopic (exact) mass is 306 g/mol. The highest BCUT2D eigenvalue weighted by Gasteiger charge is 2.13. The zero-order chi connectivity index (χ0) is 15.2. The first kappa shape index (κ1) is 15.7. The van der Waals surface area contributed by atoms with Gasteiger partial charge in [0.05, 0.1) is 37.3 Å². The highest BCUT2D eigenvalue weighted by atomic mass is 35.5. The molecule has 1 aromatic carbocycles. The maximum atomic E-state index is 12.2. The number of pyridine rings is 1. The summed E-state index contributed by atoms with van der Waals surface area (Å²) < 4.78 is 0. The average molecular weight is 307 g/mol. The molecular formula is C16H21ClN3O+. The number of para-hydroxylation sites is 1. The molecule has 2 aromatic rings. The molecule has 4 nitrogen and oxygen atoms in total. The van der Waals surface area contributed by atoms with Crippen molar-refractivity contribution in [2.45, 2.75) is 13.8 Å².